The number of Topliss-reactive ketones (excluding diaryl/α,β-unsaturated/α-hetero) is 1. The van der Waals surface area contributed by atoms with Gasteiger partial charge in [-0.3, -0.25) is 14.4 Å². The average Bonchev–Trinajstić information content (AvgIpc) is 3.52. The van der Waals surface area contributed by atoms with Crippen LogP contribution >= 0.6 is 0 Å². The lowest BCUT2D eigenvalue weighted by Gasteiger charge is -2.28. The molecule has 7 heteroatoms. The minimum Gasteiger partial charge on any atom is -0.354 e. The molecule has 172 valence electrons. The van der Waals surface area contributed by atoms with E-state index in [1.165, 1.54) is 0 Å². The van der Waals surface area contributed by atoms with Gasteiger partial charge in [-0.25, -0.2) is 0 Å². The second-order valence-corrected chi connectivity index (χ2v) is 10.1. The summed E-state index contributed by atoms with van der Waals surface area (Å²) in [5.41, 5.74) is 3.36. The first-order chi connectivity index (χ1) is 15.7. The van der Waals surface area contributed by atoms with Crippen molar-refractivity contribution in [2.45, 2.75) is 65.3 Å². The minimum atomic E-state index is -0.694. The van der Waals surface area contributed by atoms with E-state index >= 15 is 0 Å². The van der Waals surface area contributed by atoms with Crippen LogP contribution < -0.4 is 10.6 Å². The third-order valence-electron chi connectivity index (χ3n) is 6.59. The Morgan fingerprint density at radius 2 is 1.91 bits per heavy atom. The fraction of sp³-hybridized carbons (Fsp3) is 0.462. The molecule has 0 saturated heterocycles. The summed E-state index contributed by atoms with van der Waals surface area (Å²) in [7, 11) is 0. The van der Waals surface area contributed by atoms with Crippen LogP contribution in [0.1, 0.15) is 83.6 Å². The zero-order chi connectivity index (χ0) is 23.8. The number of fused-ring (bicyclic) bond motifs is 1. The Labute approximate surface area is 194 Å². The first kappa shape index (κ1) is 22.8. The van der Waals surface area contributed by atoms with E-state index in [2.05, 4.69) is 21.7 Å². The molecule has 0 aliphatic heterocycles. The van der Waals surface area contributed by atoms with Gasteiger partial charge in [0, 0.05) is 23.4 Å². The third kappa shape index (κ3) is 5.16. The van der Waals surface area contributed by atoms with Gasteiger partial charge in [0.15, 0.2) is 5.78 Å². The summed E-state index contributed by atoms with van der Waals surface area (Å²) >= 11 is 0. The largest absolute Gasteiger partial charge is 0.354 e. The molecule has 0 radical (unpaired) electrons. The molecular weight excluding hydrogens is 416 g/mol. The van der Waals surface area contributed by atoms with E-state index in [1.54, 1.807) is 31.2 Å². The summed E-state index contributed by atoms with van der Waals surface area (Å²) in [5.74, 6) is 0.00701. The van der Waals surface area contributed by atoms with Crippen LogP contribution in [0.2, 0.25) is 0 Å². The fourth-order valence-electron chi connectivity index (χ4n) is 4.63. The summed E-state index contributed by atoms with van der Waals surface area (Å²) in [6.07, 6.45) is 4.91. The van der Waals surface area contributed by atoms with Crippen molar-refractivity contribution in [3.05, 3.63) is 52.3 Å². The summed E-state index contributed by atoms with van der Waals surface area (Å²) in [5, 5.41) is 14.7. The summed E-state index contributed by atoms with van der Waals surface area (Å²) in [6.45, 7) is 5.88. The lowest BCUT2D eigenvalue weighted by atomic mass is 9.75. The number of hydrogen-bond donors (Lipinski definition) is 3. The van der Waals surface area contributed by atoms with Crippen molar-refractivity contribution in [2.24, 2.45) is 11.3 Å². The molecule has 7 nitrogen and oxygen atoms in total. The first-order valence-electron chi connectivity index (χ1n) is 11.5. The Bertz CT molecular complexity index is 1130. The highest BCUT2D eigenvalue weighted by Crippen LogP contribution is 2.37. The highest BCUT2D eigenvalue weighted by atomic mass is 16.2. The van der Waals surface area contributed by atoms with Crippen molar-refractivity contribution < 1.29 is 14.4 Å². The summed E-state index contributed by atoms with van der Waals surface area (Å²) in [6, 6.07) is 7.98. The van der Waals surface area contributed by atoms with Gasteiger partial charge in [-0.15, -0.1) is 0 Å². The second kappa shape index (κ2) is 8.86. The Balaban J connectivity index is 1.51. The molecule has 1 heterocycles. The maximum Gasteiger partial charge on any atom is 0.268 e. The van der Waals surface area contributed by atoms with Crippen LogP contribution in [0.25, 0.3) is 0 Å². The monoisotopic (exact) mass is 446 g/mol. The van der Waals surface area contributed by atoms with Crippen molar-refractivity contribution in [2.75, 3.05) is 5.32 Å². The predicted molar refractivity (Wildman–Crippen MR) is 125 cm³/mol. The van der Waals surface area contributed by atoms with Gasteiger partial charge in [0.05, 0.1) is 11.6 Å². The van der Waals surface area contributed by atoms with Crippen molar-refractivity contribution >= 4 is 23.3 Å². The zero-order valence-electron chi connectivity index (χ0n) is 19.4. The van der Waals surface area contributed by atoms with Crippen LogP contribution in [0.3, 0.4) is 0 Å². The molecule has 1 saturated carbocycles. The number of anilines is 1. The number of amides is 2. The maximum atomic E-state index is 13.2. The average molecular weight is 447 g/mol. The number of nitrogens with one attached hydrogen (secondary N) is 3. The highest BCUT2D eigenvalue weighted by Gasteiger charge is 2.36. The number of hydrogen-bond acceptors (Lipinski definition) is 4. The molecule has 1 aromatic heterocycles. The number of nitriles is 1. The number of H-pyrrole nitrogens is 1. The van der Waals surface area contributed by atoms with Crippen LogP contribution in [0.4, 0.5) is 5.69 Å². The molecule has 1 aromatic carbocycles. The predicted octanol–water partition coefficient (Wildman–Crippen LogP) is 4.28. The first-order valence-corrected chi connectivity index (χ1v) is 11.5. The van der Waals surface area contributed by atoms with Crippen LogP contribution in [0, 0.1) is 29.6 Å². The maximum absolute atomic E-state index is 13.2. The van der Waals surface area contributed by atoms with Gasteiger partial charge in [0.25, 0.3) is 5.91 Å². The third-order valence-corrected chi connectivity index (χ3v) is 6.59. The molecule has 0 unspecified atom stereocenters. The van der Waals surface area contributed by atoms with E-state index in [4.69, 9.17) is 5.26 Å². The topological polar surface area (TPSA) is 115 Å². The molecule has 0 spiro atoms. The normalized spacial score (nSPS) is 17.6. The zero-order valence-corrected chi connectivity index (χ0v) is 19.4. The number of rotatable bonds is 7. The molecule has 1 fully saturated rings. The molecule has 2 aromatic rings. The number of carbonyl (C=O) groups is 3. The molecule has 3 N–H and O–H groups in total. The Kier molecular flexibility index (Phi) is 6.11. The van der Waals surface area contributed by atoms with Gasteiger partial charge in [-0.1, -0.05) is 26.7 Å². The van der Waals surface area contributed by atoms with Crippen LogP contribution in [-0.4, -0.2) is 28.6 Å². The lowest BCUT2D eigenvalue weighted by Crippen LogP contribution is -2.44. The van der Waals surface area contributed by atoms with Gasteiger partial charge in [0.2, 0.25) is 5.91 Å². The molecule has 0 bridgehead atoms. The van der Waals surface area contributed by atoms with E-state index in [0.717, 1.165) is 25.0 Å². The van der Waals surface area contributed by atoms with Gasteiger partial charge < -0.3 is 15.6 Å². The minimum absolute atomic E-state index is 0.0536. The quantitative estimate of drug-likeness (QED) is 0.589. The van der Waals surface area contributed by atoms with Crippen LogP contribution in [0.15, 0.2) is 24.3 Å². The van der Waals surface area contributed by atoms with Gasteiger partial charge in [-0.05, 0) is 67.3 Å². The Morgan fingerprint density at radius 3 is 2.55 bits per heavy atom. The van der Waals surface area contributed by atoms with E-state index in [9.17, 15) is 14.4 Å². The molecule has 2 aliphatic carbocycles. The number of benzene rings is 1. The van der Waals surface area contributed by atoms with Crippen molar-refractivity contribution in [1.29, 1.82) is 5.26 Å². The molecule has 1 atom stereocenters. The van der Waals surface area contributed by atoms with Gasteiger partial charge in [0.1, 0.15) is 11.7 Å². The van der Waals surface area contributed by atoms with E-state index in [1.807, 2.05) is 13.8 Å². The Morgan fingerprint density at radius 1 is 1.21 bits per heavy atom. The summed E-state index contributed by atoms with van der Waals surface area (Å²) in [4.78, 5) is 42.1. The fourth-order valence-corrected chi connectivity index (χ4v) is 4.63. The molecular formula is C26H30N4O3. The molecule has 4 rings (SSSR count). The number of carbonyl (C=O) groups excluding carboxylic acids is 3. The molecule has 2 amide bonds. The second-order valence-electron chi connectivity index (χ2n) is 10.1. The molecule has 2 aliphatic rings. The van der Waals surface area contributed by atoms with Crippen LogP contribution in [0.5, 0.6) is 0 Å². The molecule has 33 heavy (non-hydrogen) atoms. The smallest absolute Gasteiger partial charge is 0.268 e. The number of ketones is 1. The standard InChI is InChI=1S/C26H30N4O3/c1-15-22-20(12-26(2,3)13-21(22)31)29-23(15)25(33)30-19(11-8-16-4-5-16)24(32)28-18-9-6-17(14-27)7-10-18/h6-7,9-10,16,19,29H,4-5,8,11-13H2,1-3H3,(H,28,32)(H,30,33)/t19-/m0/s1. The number of aromatic amines is 1. The van der Waals surface area contributed by atoms with Gasteiger partial charge >= 0.3 is 0 Å². The van der Waals surface area contributed by atoms with Crippen LogP contribution in [-0.2, 0) is 11.2 Å². The van der Waals surface area contributed by atoms with Crippen molar-refractivity contribution in [1.82, 2.24) is 10.3 Å². The van der Waals surface area contributed by atoms with Gasteiger partial charge in [-0.2, -0.15) is 5.26 Å². The number of nitrogens with zero attached hydrogens (tertiary/aromatic N) is 1. The number of aromatic nitrogens is 1. The van der Waals surface area contributed by atoms with E-state index < -0.39 is 6.04 Å². The lowest BCUT2D eigenvalue weighted by molar-refractivity contribution is -0.118. The van der Waals surface area contributed by atoms with Crippen molar-refractivity contribution in [3.63, 3.8) is 0 Å². The highest BCUT2D eigenvalue weighted by molar-refractivity contribution is 6.06. The van der Waals surface area contributed by atoms with E-state index in [0.29, 0.717) is 53.3 Å². The van der Waals surface area contributed by atoms with Crippen molar-refractivity contribution in [3.8, 4) is 6.07 Å². The summed E-state index contributed by atoms with van der Waals surface area (Å²) < 4.78 is 0. The van der Waals surface area contributed by atoms with E-state index in [-0.39, 0.29) is 23.0 Å². The Hall–Kier alpha value is -3.40. The SMILES string of the molecule is Cc1c(C(=O)N[C@@H](CCC2CC2)C(=O)Nc2ccc(C#N)cc2)[nH]c2c1C(=O)CC(C)(C)C2.